The minimum absolute atomic E-state index is 0. The van der Waals surface area contributed by atoms with Crippen LogP contribution in [0.25, 0.3) is 0 Å². The highest BCUT2D eigenvalue weighted by atomic mass is 35.5. The first kappa shape index (κ1) is 10.0. The van der Waals surface area contributed by atoms with Gasteiger partial charge in [0, 0.05) is 32.0 Å². The highest BCUT2D eigenvalue weighted by Gasteiger charge is 1.94. The minimum Gasteiger partial charge on any atom is -0.399 e. The van der Waals surface area contributed by atoms with Crippen LogP contribution < -0.4 is 10.6 Å². The Morgan fingerprint density at radius 1 is 1.45 bits per heavy atom. The van der Waals surface area contributed by atoms with Crippen LogP contribution in [0.2, 0.25) is 0 Å². The third-order valence-corrected chi connectivity index (χ3v) is 1.23. The monoisotopic (exact) mass is 173 g/mol. The Morgan fingerprint density at radius 3 is 2.45 bits per heavy atom. The predicted molar refractivity (Wildman–Crippen MR) is 50.2 cm³/mol. The molecule has 1 aromatic rings. The molecule has 0 saturated heterocycles. The van der Waals surface area contributed by atoms with Gasteiger partial charge in [-0.2, -0.15) is 0 Å². The molecule has 1 rings (SSSR count). The molecule has 0 radical (unpaired) electrons. The largest absolute Gasteiger partial charge is 0.399 e. The van der Waals surface area contributed by atoms with Gasteiger partial charge < -0.3 is 10.6 Å². The molecule has 0 aromatic carbocycles. The fourth-order valence-corrected chi connectivity index (χ4v) is 0.679. The highest BCUT2D eigenvalue weighted by Crippen LogP contribution is 2.09. The summed E-state index contributed by atoms with van der Waals surface area (Å²) in [6.45, 7) is 0. The molecule has 0 spiro atoms. The van der Waals surface area contributed by atoms with E-state index in [9.17, 15) is 0 Å². The van der Waals surface area contributed by atoms with Crippen molar-refractivity contribution in [2.45, 2.75) is 0 Å². The van der Waals surface area contributed by atoms with Gasteiger partial charge in [-0.25, -0.2) is 4.98 Å². The van der Waals surface area contributed by atoms with E-state index >= 15 is 0 Å². The third kappa shape index (κ3) is 2.63. The van der Waals surface area contributed by atoms with E-state index in [1.54, 1.807) is 12.3 Å². The fourth-order valence-electron chi connectivity index (χ4n) is 0.679. The second-order valence-corrected chi connectivity index (χ2v) is 2.34. The van der Waals surface area contributed by atoms with Crippen molar-refractivity contribution in [1.82, 2.24) is 4.98 Å². The fraction of sp³-hybridized carbons (Fsp3) is 0.286. The van der Waals surface area contributed by atoms with Crippen molar-refractivity contribution < 1.29 is 0 Å². The summed E-state index contributed by atoms with van der Waals surface area (Å²) >= 11 is 0. The van der Waals surface area contributed by atoms with Gasteiger partial charge in [0.05, 0.1) is 0 Å². The summed E-state index contributed by atoms with van der Waals surface area (Å²) in [4.78, 5) is 6.00. The van der Waals surface area contributed by atoms with Gasteiger partial charge >= 0.3 is 0 Å². The lowest BCUT2D eigenvalue weighted by Gasteiger charge is -2.10. The molecule has 0 fully saturated rings. The molecule has 11 heavy (non-hydrogen) atoms. The number of pyridine rings is 1. The molecule has 62 valence electrons. The quantitative estimate of drug-likeness (QED) is 0.693. The van der Waals surface area contributed by atoms with Gasteiger partial charge in [0.15, 0.2) is 0 Å². The third-order valence-electron chi connectivity index (χ3n) is 1.23. The molecule has 4 heteroatoms. The Morgan fingerprint density at radius 2 is 2.09 bits per heavy atom. The second kappa shape index (κ2) is 4.03. The summed E-state index contributed by atoms with van der Waals surface area (Å²) in [5.41, 5.74) is 6.28. The van der Waals surface area contributed by atoms with Crippen LogP contribution in [0.3, 0.4) is 0 Å². The Bertz CT molecular complexity index is 225. The zero-order valence-electron chi connectivity index (χ0n) is 6.61. The Balaban J connectivity index is 0.000001000. The summed E-state index contributed by atoms with van der Waals surface area (Å²) in [5, 5.41) is 0. The molecule has 0 bridgehead atoms. The van der Waals surface area contributed by atoms with E-state index in [2.05, 4.69) is 4.98 Å². The normalized spacial score (nSPS) is 8.55. The molecule has 0 unspecified atom stereocenters. The summed E-state index contributed by atoms with van der Waals surface area (Å²) in [6.07, 6.45) is 1.70. The van der Waals surface area contributed by atoms with E-state index in [1.165, 1.54) is 0 Å². The van der Waals surface area contributed by atoms with E-state index in [0.29, 0.717) is 0 Å². The van der Waals surface area contributed by atoms with Gasteiger partial charge in [-0.3, -0.25) is 0 Å². The molecule has 3 nitrogen and oxygen atoms in total. The molecule has 1 heterocycles. The van der Waals surface area contributed by atoms with Gasteiger partial charge in [0.25, 0.3) is 0 Å². The van der Waals surface area contributed by atoms with Crippen LogP contribution in [0.1, 0.15) is 0 Å². The lowest BCUT2D eigenvalue weighted by molar-refractivity contribution is 1.07. The van der Waals surface area contributed by atoms with E-state index < -0.39 is 0 Å². The smallest absolute Gasteiger partial charge is 0.130 e. The summed E-state index contributed by atoms with van der Waals surface area (Å²) in [5.74, 6) is 0.889. The number of nitrogens with zero attached hydrogens (tertiary/aromatic N) is 2. The molecule has 0 aliphatic rings. The van der Waals surface area contributed by atoms with Crippen molar-refractivity contribution in [2.24, 2.45) is 0 Å². The summed E-state index contributed by atoms with van der Waals surface area (Å²) in [6, 6.07) is 3.60. The Hall–Kier alpha value is -0.960. The molecule has 2 N–H and O–H groups in total. The Labute approximate surface area is 72.6 Å². The molecule has 0 aliphatic heterocycles. The average Bonchev–Trinajstić information content (AvgIpc) is 1.88. The van der Waals surface area contributed by atoms with E-state index in [1.807, 2.05) is 25.1 Å². The molecule has 0 saturated carbocycles. The topological polar surface area (TPSA) is 42.1 Å². The van der Waals surface area contributed by atoms with Gasteiger partial charge in [-0.05, 0) is 6.07 Å². The lowest BCUT2D eigenvalue weighted by Crippen LogP contribution is -2.10. The Kier molecular flexibility index (Phi) is 3.68. The van der Waals surface area contributed by atoms with Crippen molar-refractivity contribution in [3.05, 3.63) is 18.3 Å². The maximum absolute atomic E-state index is 5.53. The first-order chi connectivity index (χ1) is 4.70. The zero-order chi connectivity index (χ0) is 7.56. The zero-order valence-corrected chi connectivity index (χ0v) is 7.43. The van der Waals surface area contributed by atoms with Gasteiger partial charge in [-0.1, -0.05) is 0 Å². The van der Waals surface area contributed by atoms with E-state index in [-0.39, 0.29) is 12.4 Å². The number of halogens is 1. The summed E-state index contributed by atoms with van der Waals surface area (Å²) in [7, 11) is 3.86. The molecule has 0 atom stereocenters. The molecule has 1 aromatic heterocycles. The standard InChI is InChI=1S/C7H11N3.ClH/c1-10(2)7-5-6(8)3-4-9-7;/h3-5H,1-2H3,(H2,8,9);1H. The first-order valence-corrected chi connectivity index (χ1v) is 3.09. The molecule has 0 amide bonds. The molecular formula is C7H12ClN3. The van der Waals surface area contributed by atoms with Crippen molar-refractivity contribution >= 4 is 23.9 Å². The lowest BCUT2D eigenvalue weighted by atomic mass is 10.4. The first-order valence-electron chi connectivity index (χ1n) is 3.09. The number of nitrogens with two attached hydrogens (primary N) is 1. The number of aromatic nitrogens is 1. The van der Waals surface area contributed by atoms with Crippen LogP contribution in [-0.2, 0) is 0 Å². The second-order valence-electron chi connectivity index (χ2n) is 2.34. The van der Waals surface area contributed by atoms with Crippen LogP contribution in [0.15, 0.2) is 18.3 Å². The number of rotatable bonds is 1. The number of nitrogen functional groups attached to an aromatic ring is 1. The van der Waals surface area contributed by atoms with E-state index in [4.69, 9.17) is 5.73 Å². The van der Waals surface area contributed by atoms with Crippen LogP contribution >= 0.6 is 12.4 Å². The number of anilines is 2. The SMILES string of the molecule is CN(C)c1cc(N)ccn1.Cl. The van der Waals surface area contributed by atoms with Crippen molar-refractivity contribution in [1.29, 1.82) is 0 Å². The van der Waals surface area contributed by atoms with Gasteiger partial charge in [0.1, 0.15) is 5.82 Å². The van der Waals surface area contributed by atoms with Crippen molar-refractivity contribution in [2.75, 3.05) is 24.7 Å². The van der Waals surface area contributed by atoms with Crippen LogP contribution in [-0.4, -0.2) is 19.1 Å². The maximum Gasteiger partial charge on any atom is 0.130 e. The van der Waals surface area contributed by atoms with Crippen LogP contribution in [0.5, 0.6) is 0 Å². The van der Waals surface area contributed by atoms with Gasteiger partial charge in [-0.15, -0.1) is 12.4 Å². The summed E-state index contributed by atoms with van der Waals surface area (Å²) < 4.78 is 0. The van der Waals surface area contributed by atoms with Crippen molar-refractivity contribution in [3.63, 3.8) is 0 Å². The van der Waals surface area contributed by atoms with Crippen molar-refractivity contribution in [3.8, 4) is 0 Å². The van der Waals surface area contributed by atoms with Crippen LogP contribution in [0.4, 0.5) is 11.5 Å². The highest BCUT2D eigenvalue weighted by molar-refractivity contribution is 5.85. The maximum atomic E-state index is 5.53. The minimum atomic E-state index is 0. The predicted octanol–water partition coefficient (Wildman–Crippen LogP) is 1.15. The van der Waals surface area contributed by atoms with Crippen LogP contribution in [0, 0.1) is 0 Å². The number of hydrogen-bond donors (Lipinski definition) is 1. The number of hydrogen-bond acceptors (Lipinski definition) is 3. The molecule has 0 aliphatic carbocycles. The van der Waals surface area contributed by atoms with E-state index in [0.717, 1.165) is 11.5 Å². The van der Waals surface area contributed by atoms with Gasteiger partial charge in [0.2, 0.25) is 0 Å². The average molecular weight is 174 g/mol. The molecular weight excluding hydrogens is 162 g/mol.